The lowest BCUT2D eigenvalue weighted by atomic mass is 10.3. The minimum absolute atomic E-state index is 0.191. The quantitative estimate of drug-likeness (QED) is 0.756. The summed E-state index contributed by atoms with van der Waals surface area (Å²) >= 11 is 0. The molecule has 0 amide bonds. The van der Waals surface area contributed by atoms with Crippen LogP contribution >= 0.6 is 0 Å². The van der Waals surface area contributed by atoms with Gasteiger partial charge in [0.2, 0.25) is 5.95 Å². The molecule has 0 bridgehead atoms. The van der Waals surface area contributed by atoms with Gasteiger partial charge in [-0.25, -0.2) is 4.68 Å². The third kappa shape index (κ3) is 1.98. The average Bonchev–Trinajstić information content (AvgIpc) is 3.18. The van der Waals surface area contributed by atoms with Gasteiger partial charge in [-0.1, -0.05) is 18.2 Å². The summed E-state index contributed by atoms with van der Waals surface area (Å²) in [5.41, 5.74) is 1.23. The number of anilines is 1. The van der Waals surface area contributed by atoms with Gasteiger partial charge in [-0.15, -0.1) is 0 Å². The SMILES string of the molecule is O=c1[nH]c(N2CCOC2)nc2c1cnn2-c1ccccc1. The Balaban J connectivity index is 1.91. The third-order valence-electron chi connectivity index (χ3n) is 3.48. The molecule has 1 fully saturated rings. The van der Waals surface area contributed by atoms with Gasteiger partial charge in [0.05, 0.1) is 18.5 Å². The van der Waals surface area contributed by atoms with Gasteiger partial charge in [-0.05, 0) is 12.1 Å². The average molecular weight is 283 g/mol. The van der Waals surface area contributed by atoms with E-state index in [1.165, 1.54) is 0 Å². The Bertz CT molecular complexity index is 833. The van der Waals surface area contributed by atoms with E-state index in [4.69, 9.17) is 4.74 Å². The molecule has 0 aliphatic carbocycles. The maximum Gasteiger partial charge on any atom is 0.263 e. The molecule has 0 atom stereocenters. The molecule has 2 aromatic heterocycles. The smallest absolute Gasteiger partial charge is 0.263 e. The molecule has 7 heteroatoms. The van der Waals surface area contributed by atoms with E-state index >= 15 is 0 Å². The minimum atomic E-state index is -0.191. The molecule has 21 heavy (non-hydrogen) atoms. The lowest BCUT2D eigenvalue weighted by Crippen LogP contribution is -2.24. The van der Waals surface area contributed by atoms with Crippen molar-refractivity contribution in [3.05, 3.63) is 46.9 Å². The first-order chi connectivity index (χ1) is 10.3. The van der Waals surface area contributed by atoms with Gasteiger partial charge in [-0.2, -0.15) is 10.1 Å². The van der Waals surface area contributed by atoms with E-state index in [1.54, 1.807) is 10.9 Å². The minimum Gasteiger partial charge on any atom is -0.359 e. The lowest BCUT2D eigenvalue weighted by molar-refractivity contribution is 0.200. The van der Waals surface area contributed by atoms with E-state index in [1.807, 2.05) is 35.2 Å². The zero-order chi connectivity index (χ0) is 14.2. The highest BCUT2D eigenvalue weighted by Crippen LogP contribution is 2.17. The second-order valence-corrected chi connectivity index (χ2v) is 4.82. The number of benzene rings is 1. The molecule has 106 valence electrons. The highest BCUT2D eigenvalue weighted by molar-refractivity contribution is 5.76. The summed E-state index contributed by atoms with van der Waals surface area (Å²) in [6.07, 6.45) is 1.54. The van der Waals surface area contributed by atoms with Crippen molar-refractivity contribution in [2.75, 3.05) is 24.8 Å². The van der Waals surface area contributed by atoms with Crippen LogP contribution in [0, 0.1) is 0 Å². The van der Waals surface area contributed by atoms with Crippen LogP contribution in [-0.4, -0.2) is 39.6 Å². The summed E-state index contributed by atoms with van der Waals surface area (Å²) in [5.74, 6) is 0.516. The number of aromatic amines is 1. The van der Waals surface area contributed by atoms with Crippen molar-refractivity contribution in [3.63, 3.8) is 0 Å². The molecule has 3 heterocycles. The van der Waals surface area contributed by atoms with Gasteiger partial charge >= 0.3 is 0 Å². The van der Waals surface area contributed by atoms with Crippen molar-refractivity contribution >= 4 is 17.0 Å². The van der Waals surface area contributed by atoms with E-state index in [-0.39, 0.29) is 5.56 Å². The Morgan fingerprint density at radius 1 is 1.24 bits per heavy atom. The maximum absolute atomic E-state index is 12.2. The molecular formula is C14H13N5O2. The maximum atomic E-state index is 12.2. The summed E-state index contributed by atoms with van der Waals surface area (Å²) in [6, 6.07) is 9.63. The first kappa shape index (κ1) is 12.1. The zero-order valence-electron chi connectivity index (χ0n) is 11.2. The molecule has 7 nitrogen and oxygen atoms in total. The van der Waals surface area contributed by atoms with E-state index in [9.17, 15) is 4.79 Å². The standard InChI is InChI=1S/C14H13N5O2/c20-13-11-8-15-19(10-4-2-1-3-5-10)12(11)16-14(17-13)18-6-7-21-9-18/h1-5,8H,6-7,9H2,(H,16,17,20). The molecule has 1 aliphatic heterocycles. The lowest BCUT2D eigenvalue weighted by Gasteiger charge is -2.13. The van der Waals surface area contributed by atoms with Crippen molar-refractivity contribution in [2.24, 2.45) is 0 Å². The van der Waals surface area contributed by atoms with Gasteiger partial charge in [0.1, 0.15) is 12.1 Å². The monoisotopic (exact) mass is 283 g/mol. The summed E-state index contributed by atoms with van der Waals surface area (Å²) < 4.78 is 6.97. The fourth-order valence-corrected chi connectivity index (χ4v) is 2.40. The second-order valence-electron chi connectivity index (χ2n) is 4.82. The van der Waals surface area contributed by atoms with Crippen LogP contribution in [0.2, 0.25) is 0 Å². The molecule has 1 saturated heterocycles. The topological polar surface area (TPSA) is 76.0 Å². The van der Waals surface area contributed by atoms with Crippen molar-refractivity contribution in [1.82, 2.24) is 19.7 Å². The van der Waals surface area contributed by atoms with Crippen LogP contribution in [0.4, 0.5) is 5.95 Å². The van der Waals surface area contributed by atoms with Crippen molar-refractivity contribution < 1.29 is 4.74 Å². The zero-order valence-corrected chi connectivity index (χ0v) is 11.2. The number of fused-ring (bicyclic) bond motifs is 1. The van der Waals surface area contributed by atoms with Crippen molar-refractivity contribution in [3.8, 4) is 5.69 Å². The number of rotatable bonds is 2. The summed E-state index contributed by atoms with van der Waals surface area (Å²) in [7, 11) is 0. The van der Waals surface area contributed by atoms with Gasteiger partial charge in [0.15, 0.2) is 5.65 Å². The normalized spacial score (nSPS) is 15.0. The first-order valence-corrected chi connectivity index (χ1v) is 6.69. The van der Waals surface area contributed by atoms with Crippen LogP contribution in [0.3, 0.4) is 0 Å². The molecule has 1 aromatic carbocycles. The van der Waals surface area contributed by atoms with E-state index in [2.05, 4.69) is 15.1 Å². The molecule has 0 saturated carbocycles. The molecular weight excluding hydrogens is 270 g/mol. The molecule has 3 aromatic rings. The van der Waals surface area contributed by atoms with E-state index in [0.29, 0.717) is 36.9 Å². The molecule has 0 radical (unpaired) electrons. The number of nitrogens with zero attached hydrogens (tertiary/aromatic N) is 4. The van der Waals surface area contributed by atoms with Crippen LogP contribution in [0.1, 0.15) is 0 Å². The van der Waals surface area contributed by atoms with Crippen LogP contribution in [0.25, 0.3) is 16.7 Å². The Labute approximate surface area is 119 Å². The Morgan fingerprint density at radius 2 is 2.10 bits per heavy atom. The van der Waals surface area contributed by atoms with Crippen LogP contribution in [0.15, 0.2) is 41.3 Å². The Morgan fingerprint density at radius 3 is 2.86 bits per heavy atom. The van der Waals surface area contributed by atoms with Crippen molar-refractivity contribution in [1.29, 1.82) is 0 Å². The van der Waals surface area contributed by atoms with Crippen LogP contribution in [-0.2, 0) is 4.74 Å². The number of H-pyrrole nitrogens is 1. The number of hydrogen-bond donors (Lipinski definition) is 1. The molecule has 4 rings (SSSR count). The largest absolute Gasteiger partial charge is 0.359 e. The highest BCUT2D eigenvalue weighted by atomic mass is 16.5. The van der Waals surface area contributed by atoms with Crippen LogP contribution in [0.5, 0.6) is 0 Å². The van der Waals surface area contributed by atoms with Gasteiger partial charge in [-0.3, -0.25) is 9.78 Å². The number of ether oxygens (including phenoxy) is 1. The Hall–Kier alpha value is -2.67. The number of para-hydroxylation sites is 1. The van der Waals surface area contributed by atoms with Crippen molar-refractivity contribution in [2.45, 2.75) is 0 Å². The van der Waals surface area contributed by atoms with E-state index < -0.39 is 0 Å². The molecule has 1 N–H and O–H groups in total. The Kier molecular flexibility index (Phi) is 2.71. The van der Waals surface area contributed by atoms with Gasteiger partial charge < -0.3 is 9.64 Å². The summed E-state index contributed by atoms with van der Waals surface area (Å²) in [5, 5.41) is 4.75. The van der Waals surface area contributed by atoms with Crippen LogP contribution < -0.4 is 10.5 Å². The fourth-order valence-electron chi connectivity index (χ4n) is 2.40. The fraction of sp³-hybridized carbons (Fsp3) is 0.214. The summed E-state index contributed by atoms with van der Waals surface area (Å²) in [6.45, 7) is 1.79. The molecule has 0 unspecified atom stereocenters. The summed E-state index contributed by atoms with van der Waals surface area (Å²) in [4.78, 5) is 21.4. The highest BCUT2D eigenvalue weighted by Gasteiger charge is 2.18. The van der Waals surface area contributed by atoms with Gasteiger partial charge in [0, 0.05) is 6.54 Å². The second kappa shape index (κ2) is 4.71. The van der Waals surface area contributed by atoms with Gasteiger partial charge in [0.25, 0.3) is 5.56 Å². The number of aromatic nitrogens is 4. The molecule has 0 spiro atoms. The third-order valence-corrected chi connectivity index (χ3v) is 3.48. The predicted octanol–water partition coefficient (Wildman–Crippen LogP) is 0.903. The molecule has 1 aliphatic rings. The number of hydrogen-bond acceptors (Lipinski definition) is 5. The predicted molar refractivity (Wildman–Crippen MR) is 77.7 cm³/mol. The van der Waals surface area contributed by atoms with E-state index in [0.717, 1.165) is 5.69 Å². The number of nitrogens with one attached hydrogen (secondary N) is 1. The first-order valence-electron chi connectivity index (χ1n) is 6.69.